The first-order chi connectivity index (χ1) is 8.27. The molecular weight excluding hydrogens is 210 g/mol. The van der Waals surface area contributed by atoms with Gasteiger partial charge in [-0.25, -0.2) is 0 Å². The van der Waals surface area contributed by atoms with E-state index < -0.39 is 5.72 Å². The first kappa shape index (κ1) is 15.0. The molecule has 1 rings (SSSR count). The predicted molar refractivity (Wildman–Crippen MR) is 74.0 cm³/mol. The summed E-state index contributed by atoms with van der Waals surface area (Å²) in [7, 11) is 0. The van der Waals surface area contributed by atoms with Gasteiger partial charge in [-0.15, -0.1) is 0 Å². The summed E-state index contributed by atoms with van der Waals surface area (Å²) >= 11 is 0. The lowest BCUT2D eigenvalue weighted by atomic mass is 9.91. The molecule has 0 aromatic rings. The lowest BCUT2D eigenvalue weighted by molar-refractivity contribution is -0.0278. The zero-order valence-electron chi connectivity index (χ0n) is 11.6. The van der Waals surface area contributed by atoms with E-state index in [1.165, 1.54) is 64.2 Å². The van der Waals surface area contributed by atoms with E-state index in [1.54, 1.807) is 0 Å². The quantitative estimate of drug-likeness (QED) is 0.473. The van der Waals surface area contributed by atoms with Gasteiger partial charge in [-0.3, -0.25) is 5.32 Å². The van der Waals surface area contributed by atoms with Gasteiger partial charge < -0.3 is 5.11 Å². The predicted octanol–water partition coefficient (Wildman–Crippen LogP) is 3.98. The molecule has 2 nitrogen and oxygen atoms in total. The van der Waals surface area contributed by atoms with Gasteiger partial charge in [0.15, 0.2) is 0 Å². The summed E-state index contributed by atoms with van der Waals surface area (Å²) in [6.07, 6.45) is 14.9. The van der Waals surface area contributed by atoms with Crippen LogP contribution in [0, 0.1) is 0 Å². The molecule has 17 heavy (non-hydrogen) atoms. The third-order valence-corrected chi connectivity index (χ3v) is 3.92. The lowest BCUT2D eigenvalue weighted by Crippen LogP contribution is -2.46. The first-order valence-electron chi connectivity index (χ1n) is 7.74. The van der Waals surface area contributed by atoms with Crippen LogP contribution in [0.5, 0.6) is 0 Å². The average Bonchev–Trinajstić information content (AvgIpc) is 2.33. The van der Waals surface area contributed by atoms with E-state index in [4.69, 9.17) is 0 Å². The molecule has 0 saturated heterocycles. The molecule has 0 aliphatic heterocycles. The molecule has 1 fully saturated rings. The molecule has 0 radical (unpaired) electrons. The monoisotopic (exact) mass is 241 g/mol. The van der Waals surface area contributed by atoms with Crippen molar-refractivity contribution in [3.63, 3.8) is 0 Å². The summed E-state index contributed by atoms with van der Waals surface area (Å²) < 4.78 is 0. The molecule has 0 atom stereocenters. The normalized spacial score (nSPS) is 19.4. The van der Waals surface area contributed by atoms with Crippen molar-refractivity contribution in [2.45, 2.75) is 89.7 Å². The van der Waals surface area contributed by atoms with Crippen molar-refractivity contribution < 1.29 is 5.11 Å². The minimum absolute atomic E-state index is 0.527. The van der Waals surface area contributed by atoms with E-state index in [-0.39, 0.29) is 0 Å². The highest BCUT2D eigenvalue weighted by atomic mass is 16.3. The number of unbranched alkanes of at least 4 members (excludes halogenated alkanes) is 6. The summed E-state index contributed by atoms with van der Waals surface area (Å²) in [6.45, 7) is 3.25. The Labute approximate surface area is 107 Å². The van der Waals surface area contributed by atoms with E-state index in [1.807, 2.05) is 0 Å². The molecule has 1 saturated carbocycles. The Balaban J connectivity index is 1.89. The van der Waals surface area contributed by atoms with Crippen molar-refractivity contribution in [3.05, 3.63) is 0 Å². The second kappa shape index (κ2) is 8.93. The fourth-order valence-electron chi connectivity index (χ4n) is 2.72. The van der Waals surface area contributed by atoms with Crippen molar-refractivity contribution in [1.82, 2.24) is 5.32 Å². The maximum absolute atomic E-state index is 10.2. The standard InChI is InChI=1S/C15H31NO/c1-2-3-4-5-6-7-11-14-16-15(17)12-9-8-10-13-15/h16-17H,2-14H2,1H3. The van der Waals surface area contributed by atoms with Crippen molar-refractivity contribution in [2.24, 2.45) is 0 Å². The van der Waals surface area contributed by atoms with E-state index in [0.717, 1.165) is 19.4 Å². The summed E-state index contributed by atoms with van der Waals surface area (Å²) in [5, 5.41) is 13.6. The highest BCUT2D eigenvalue weighted by molar-refractivity contribution is 4.79. The Morgan fingerprint density at radius 3 is 2.12 bits per heavy atom. The largest absolute Gasteiger partial charge is 0.376 e. The van der Waals surface area contributed by atoms with Crippen LogP contribution >= 0.6 is 0 Å². The molecule has 0 spiro atoms. The zero-order valence-corrected chi connectivity index (χ0v) is 11.6. The van der Waals surface area contributed by atoms with Crippen molar-refractivity contribution in [2.75, 3.05) is 6.54 Å². The fraction of sp³-hybridized carbons (Fsp3) is 1.00. The van der Waals surface area contributed by atoms with Crippen LogP contribution in [0.15, 0.2) is 0 Å². The van der Waals surface area contributed by atoms with Gasteiger partial charge in [0.25, 0.3) is 0 Å². The SMILES string of the molecule is CCCCCCCCCNC1(O)CCCCC1. The van der Waals surface area contributed by atoms with Crippen LogP contribution in [-0.2, 0) is 0 Å². The molecule has 1 aliphatic carbocycles. The van der Waals surface area contributed by atoms with Crippen LogP contribution in [0.25, 0.3) is 0 Å². The minimum atomic E-state index is -0.527. The molecule has 1 aliphatic rings. The Morgan fingerprint density at radius 2 is 1.47 bits per heavy atom. The molecule has 0 unspecified atom stereocenters. The van der Waals surface area contributed by atoms with Crippen LogP contribution in [0.1, 0.15) is 84.0 Å². The van der Waals surface area contributed by atoms with Crippen LogP contribution in [0.4, 0.5) is 0 Å². The Hall–Kier alpha value is -0.0800. The third kappa shape index (κ3) is 7.05. The fourth-order valence-corrected chi connectivity index (χ4v) is 2.72. The molecule has 2 N–H and O–H groups in total. The highest BCUT2D eigenvalue weighted by Gasteiger charge is 2.27. The maximum atomic E-state index is 10.2. The van der Waals surface area contributed by atoms with Gasteiger partial charge in [-0.05, 0) is 38.6 Å². The number of rotatable bonds is 9. The Morgan fingerprint density at radius 1 is 0.882 bits per heavy atom. The maximum Gasteiger partial charge on any atom is 0.116 e. The van der Waals surface area contributed by atoms with E-state index in [9.17, 15) is 5.11 Å². The van der Waals surface area contributed by atoms with Gasteiger partial charge in [-0.2, -0.15) is 0 Å². The van der Waals surface area contributed by atoms with E-state index in [0.29, 0.717) is 0 Å². The van der Waals surface area contributed by atoms with Crippen LogP contribution in [0.2, 0.25) is 0 Å². The molecule has 102 valence electrons. The van der Waals surface area contributed by atoms with Crippen molar-refractivity contribution in [1.29, 1.82) is 0 Å². The van der Waals surface area contributed by atoms with Gasteiger partial charge in [0.1, 0.15) is 5.72 Å². The molecule has 0 amide bonds. The number of hydrogen-bond donors (Lipinski definition) is 2. The molecule has 0 aromatic heterocycles. The molecule has 0 bridgehead atoms. The number of nitrogens with one attached hydrogen (secondary N) is 1. The van der Waals surface area contributed by atoms with Crippen LogP contribution in [0.3, 0.4) is 0 Å². The van der Waals surface area contributed by atoms with Gasteiger partial charge in [-0.1, -0.05) is 51.9 Å². The lowest BCUT2D eigenvalue weighted by Gasteiger charge is -2.33. The van der Waals surface area contributed by atoms with Gasteiger partial charge in [0, 0.05) is 0 Å². The van der Waals surface area contributed by atoms with Crippen molar-refractivity contribution in [3.8, 4) is 0 Å². The highest BCUT2D eigenvalue weighted by Crippen LogP contribution is 2.25. The number of hydrogen-bond acceptors (Lipinski definition) is 2. The summed E-state index contributed by atoms with van der Waals surface area (Å²) in [5.74, 6) is 0. The van der Waals surface area contributed by atoms with Crippen LogP contribution < -0.4 is 5.32 Å². The summed E-state index contributed by atoms with van der Waals surface area (Å²) in [5.41, 5.74) is -0.527. The molecule has 2 heteroatoms. The van der Waals surface area contributed by atoms with Crippen molar-refractivity contribution >= 4 is 0 Å². The number of aliphatic hydroxyl groups is 1. The summed E-state index contributed by atoms with van der Waals surface area (Å²) in [4.78, 5) is 0. The average molecular weight is 241 g/mol. The minimum Gasteiger partial charge on any atom is -0.376 e. The molecule has 0 aromatic carbocycles. The van der Waals surface area contributed by atoms with Gasteiger partial charge in [0.05, 0.1) is 0 Å². The van der Waals surface area contributed by atoms with Gasteiger partial charge in [0.2, 0.25) is 0 Å². The van der Waals surface area contributed by atoms with E-state index >= 15 is 0 Å². The third-order valence-electron chi connectivity index (χ3n) is 3.92. The van der Waals surface area contributed by atoms with Gasteiger partial charge >= 0.3 is 0 Å². The summed E-state index contributed by atoms with van der Waals surface area (Å²) in [6, 6.07) is 0. The first-order valence-corrected chi connectivity index (χ1v) is 7.74. The molecular formula is C15H31NO. The second-order valence-electron chi connectivity index (χ2n) is 5.64. The zero-order chi connectivity index (χ0) is 12.4. The van der Waals surface area contributed by atoms with Crippen LogP contribution in [-0.4, -0.2) is 17.4 Å². The van der Waals surface area contributed by atoms with E-state index in [2.05, 4.69) is 12.2 Å². The Kier molecular flexibility index (Phi) is 7.87. The molecule has 0 heterocycles. The topological polar surface area (TPSA) is 32.3 Å². The second-order valence-corrected chi connectivity index (χ2v) is 5.64. The smallest absolute Gasteiger partial charge is 0.116 e. The Bertz CT molecular complexity index is 176.